The number of hydrogen-bond donors (Lipinski definition) is 2. The van der Waals surface area contributed by atoms with Crippen LogP contribution in [0.25, 0.3) is 11.0 Å². The minimum absolute atomic E-state index is 0.0475. The van der Waals surface area contributed by atoms with Crippen molar-refractivity contribution in [2.45, 2.75) is 0 Å². The molecule has 1 aromatic carbocycles. The molecule has 0 aliphatic rings. The van der Waals surface area contributed by atoms with Gasteiger partial charge in [0.25, 0.3) is 0 Å². The first kappa shape index (κ1) is 10.2. The lowest BCUT2D eigenvalue weighted by Gasteiger charge is -2.03. The van der Waals surface area contributed by atoms with E-state index in [0.717, 1.165) is 0 Å². The Kier molecular flexibility index (Phi) is 2.37. The molecule has 1 heterocycles. The van der Waals surface area contributed by atoms with Crippen molar-refractivity contribution in [1.82, 2.24) is 10.3 Å². The van der Waals surface area contributed by atoms with Gasteiger partial charge in [0, 0.05) is 0 Å². The molecule has 0 radical (unpaired) electrons. The Labute approximate surface area is 93.5 Å². The molecule has 0 aliphatic heterocycles. The van der Waals surface area contributed by atoms with Crippen LogP contribution >= 0.6 is 12.2 Å². The zero-order valence-electron chi connectivity index (χ0n) is 7.71. The third-order valence-electron chi connectivity index (χ3n) is 1.84. The second kappa shape index (κ2) is 3.70. The SMILES string of the molecule is NC(=S)Nc1ccc2nonc2c1[N+](=O)[O-]. The van der Waals surface area contributed by atoms with Gasteiger partial charge in [-0.2, -0.15) is 0 Å². The summed E-state index contributed by atoms with van der Waals surface area (Å²) in [7, 11) is 0. The number of fused-ring (bicyclic) bond motifs is 1. The monoisotopic (exact) mass is 239 g/mol. The van der Waals surface area contributed by atoms with Crippen LogP contribution in [0.3, 0.4) is 0 Å². The van der Waals surface area contributed by atoms with Gasteiger partial charge in [-0.05, 0) is 34.7 Å². The second-order valence-corrected chi connectivity index (χ2v) is 3.28. The van der Waals surface area contributed by atoms with E-state index in [2.05, 4.69) is 32.5 Å². The molecular weight excluding hydrogens is 234 g/mol. The average molecular weight is 239 g/mol. The molecule has 0 unspecified atom stereocenters. The summed E-state index contributed by atoms with van der Waals surface area (Å²) in [5, 5.41) is 20.3. The van der Waals surface area contributed by atoms with Crippen molar-refractivity contribution in [3.63, 3.8) is 0 Å². The van der Waals surface area contributed by atoms with Crippen molar-refractivity contribution in [1.29, 1.82) is 0 Å². The standard InChI is InChI=1S/C7H5N5O3S/c8-7(16)9-4-2-1-3-5(11-15-10-3)6(4)12(13)14/h1-2H,(H3,8,9,16). The minimum Gasteiger partial charge on any atom is -0.376 e. The number of thiocarbonyl (C=S) groups is 1. The fourth-order valence-electron chi connectivity index (χ4n) is 1.26. The van der Waals surface area contributed by atoms with E-state index in [4.69, 9.17) is 5.73 Å². The van der Waals surface area contributed by atoms with Gasteiger partial charge in [0.1, 0.15) is 11.2 Å². The minimum atomic E-state index is -0.604. The van der Waals surface area contributed by atoms with Gasteiger partial charge in [-0.3, -0.25) is 10.1 Å². The lowest BCUT2D eigenvalue weighted by atomic mass is 10.2. The van der Waals surface area contributed by atoms with Crippen LogP contribution in [0.4, 0.5) is 11.4 Å². The van der Waals surface area contributed by atoms with Gasteiger partial charge < -0.3 is 11.1 Å². The Morgan fingerprint density at radius 2 is 2.31 bits per heavy atom. The molecule has 8 nitrogen and oxygen atoms in total. The molecule has 0 spiro atoms. The van der Waals surface area contributed by atoms with E-state index < -0.39 is 4.92 Å². The van der Waals surface area contributed by atoms with E-state index in [1.165, 1.54) is 12.1 Å². The lowest BCUT2D eigenvalue weighted by molar-refractivity contribution is -0.382. The predicted octanol–water partition coefficient (Wildman–Crippen LogP) is 0.786. The van der Waals surface area contributed by atoms with E-state index in [0.29, 0.717) is 5.52 Å². The van der Waals surface area contributed by atoms with Crippen LogP contribution in [-0.2, 0) is 0 Å². The summed E-state index contributed by atoms with van der Waals surface area (Å²) in [6.45, 7) is 0. The van der Waals surface area contributed by atoms with Gasteiger partial charge >= 0.3 is 5.69 Å². The van der Waals surface area contributed by atoms with E-state index in [1.807, 2.05) is 0 Å². The third kappa shape index (κ3) is 1.63. The van der Waals surface area contributed by atoms with Crippen LogP contribution in [0.15, 0.2) is 16.8 Å². The van der Waals surface area contributed by atoms with Gasteiger partial charge in [-0.25, -0.2) is 4.63 Å². The normalized spacial score (nSPS) is 10.2. The van der Waals surface area contributed by atoms with E-state index in [1.54, 1.807) is 0 Å². The first-order valence-corrected chi connectivity index (χ1v) is 4.46. The Morgan fingerprint density at radius 3 is 2.94 bits per heavy atom. The number of nitrogens with two attached hydrogens (primary N) is 1. The van der Waals surface area contributed by atoms with Gasteiger partial charge in [0.15, 0.2) is 5.11 Å². The first-order valence-electron chi connectivity index (χ1n) is 4.05. The molecule has 0 saturated carbocycles. The number of benzene rings is 1. The highest BCUT2D eigenvalue weighted by Crippen LogP contribution is 2.31. The van der Waals surface area contributed by atoms with Gasteiger partial charge in [0.05, 0.1) is 4.92 Å². The van der Waals surface area contributed by atoms with Crippen LogP contribution in [0.5, 0.6) is 0 Å². The highest BCUT2D eigenvalue weighted by atomic mass is 32.1. The van der Waals surface area contributed by atoms with Crippen molar-refractivity contribution < 1.29 is 9.55 Å². The summed E-state index contributed by atoms with van der Waals surface area (Å²) >= 11 is 4.61. The van der Waals surface area contributed by atoms with Crippen LogP contribution in [0.2, 0.25) is 0 Å². The number of anilines is 1. The summed E-state index contributed by atoms with van der Waals surface area (Å²) < 4.78 is 4.42. The van der Waals surface area contributed by atoms with E-state index in [9.17, 15) is 10.1 Å². The quantitative estimate of drug-likeness (QED) is 0.448. The summed E-state index contributed by atoms with van der Waals surface area (Å²) in [6, 6.07) is 2.95. The molecule has 1 aromatic heterocycles. The molecule has 0 bridgehead atoms. The summed E-state index contributed by atoms with van der Waals surface area (Å²) in [5.74, 6) is 0. The average Bonchev–Trinajstić information content (AvgIpc) is 2.63. The first-order chi connectivity index (χ1) is 7.59. The zero-order valence-corrected chi connectivity index (χ0v) is 8.52. The Bertz CT molecular complexity index is 580. The number of nitro groups is 1. The molecule has 0 atom stereocenters. The molecule has 3 N–H and O–H groups in total. The smallest absolute Gasteiger partial charge is 0.324 e. The number of nitro benzene ring substituents is 1. The van der Waals surface area contributed by atoms with E-state index >= 15 is 0 Å². The maximum absolute atomic E-state index is 10.9. The van der Waals surface area contributed by atoms with Crippen molar-refractivity contribution >= 4 is 39.7 Å². The number of nitrogens with one attached hydrogen (secondary N) is 1. The molecule has 9 heteroatoms. The molecule has 16 heavy (non-hydrogen) atoms. The highest BCUT2D eigenvalue weighted by Gasteiger charge is 2.22. The van der Waals surface area contributed by atoms with Crippen molar-refractivity contribution in [3.05, 3.63) is 22.2 Å². The fraction of sp³-hybridized carbons (Fsp3) is 0. The van der Waals surface area contributed by atoms with Crippen molar-refractivity contribution in [3.8, 4) is 0 Å². The molecule has 0 amide bonds. The van der Waals surface area contributed by atoms with Gasteiger partial charge in [-0.15, -0.1) is 0 Å². The van der Waals surface area contributed by atoms with E-state index in [-0.39, 0.29) is 22.0 Å². The third-order valence-corrected chi connectivity index (χ3v) is 1.94. The van der Waals surface area contributed by atoms with Gasteiger partial charge in [-0.1, -0.05) is 0 Å². The number of hydrogen-bond acceptors (Lipinski definition) is 6. The largest absolute Gasteiger partial charge is 0.376 e. The number of aromatic nitrogens is 2. The Balaban J connectivity index is 2.68. The molecule has 2 rings (SSSR count). The molecule has 2 aromatic rings. The zero-order chi connectivity index (χ0) is 11.7. The van der Waals surface area contributed by atoms with Crippen LogP contribution in [0.1, 0.15) is 0 Å². The number of rotatable bonds is 2. The molecule has 0 aliphatic carbocycles. The lowest BCUT2D eigenvalue weighted by Crippen LogP contribution is -2.19. The van der Waals surface area contributed by atoms with Crippen LogP contribution in [0, 0.1) is 10.1 Å². The number of nitrogens with zero attached hydrogens (tertiary/aromatic N) is 3. The second-order valence-electron chi connectivity index (χ2n) is 2.84. The molecule has 82 valence electrons. The topological polar surface area (TPSA) is 120 Å². The molecule has 0 fully saturated rings. The van der Waals surface area contributed by atoms with Crippen molar-refractivity contribution in [2.75, 3.05) is 5.32 Å². The summed E-state index contributed by atoms with van der Waals surface area (Å²) in [6.07, 6.45) is 0. The maximum atomic E-state index is 10.9. The Hall–Kier alpha value is -2.29. The molecule has 0 saturated heterocycles. The van der Waals surface area contributed by atoms with Crippen LogP contribution in [-0.4, -0.2) is 20.3 Å². The summed E-state index contributed by atoms with van der Waals surface area (Å²) in [4.78, 5) is 10.3. The maximum Gasteiger partial charge on any atom is 0.324 e. The fourth-order valence-corrected chi connectivity index (χ4v) is 1.37. The van der Waals surface area contributed by atoms with Crippen LogP contribution < -0.4 is 11.1 Å². The van der Waals surface area contributed by atoms with Crippen molar-refractivity contribution in [2.24, 2.45) is 5.73 Å². The predicted molar refractivity (Wildman–Crippen MR) is 58.9 cm³/mol. The van der Waals surface area contributed by atoms with Gasteiger partial charge in [0.2, 0.25) is 5.52 Å². The summed E-state index contributed by atoms with van der Waals surface area (Å²) in [5.41, 5.74) is 5.47. The molecular formula is C7H5N5O3S. The Morgan fingerprint density at radius 1 is 1.56 bits per heavy atom. The highest BCUT2D eigenvalue weighted by molar-refractivity contribution is 7.80.